The van der Waals surface area contributed by atoms with E-state index in [4.69, 9.17) is 34.8 Å². The zero-order valence-corrected chi connectivity index (χ0v) is 12.1. The molecule has 0 aliphatic heterocycles. The molecule has 2 aromatic carbocycles. The first-order valence-electron chi connectivity index (χ1n) is 5.62. The van der Waals surface area contributed by atoms with Crippen LogP contribution >= 0.6 is 34.8 Å². The standard InChI is InChI=1S/C14H6Cl3FN2/c15-9-3-1-7(5-10(9)16)8-2-4-11(18)13-12(8)14(17)20-6-19-13/h1-6H. The molecule has 0 fully saturated rings. The molecular formula is C14H6Cl3FN2. The minimum Gasteiger partial charge on any atom is -0.233 e. The van der Waals surface area contributed by atoms with Crippen LogP contribution in [0.5, 0.6) is 0 Å². The summed E-state index contributed by atoms with van der Waals surface area (Å²) >= 11 is 18.0. The highest BCUT2D eigenvalue weighted by molar-refractivity contribution is 6.42. The van der Waals surface area contributed by atoms with E-state index in [0.29, 0.717) is 21.0 Å². The third-order valence-corrected chi connectivity index (χ3v) is 3.95. The van der Waals surface area contributed by atoms with E-state index >= 15 is 0 Å². The second-order valence-electron chi connectivity index (χ2n) is 4.11. The van der Waals surface area contributed by atoms with Crippen LogP contribution in [-0.4, -0.2) is 9.97 Å². The topological polar surface area (TPSA) is 25.8 Å². The Morgan fingerprint density at radius 1 is 0.900 bits per heavy atom. The molecule has 0 aliphatic carbocycles. The fourth-order valence-corrected chi connectivity index (χ4v) is 2.54. The Hall–Kier alpha value is -1.42. The van der Waals surface area contributed by atoms with E-state index in [2.05, 4.69) is 9.97 Å². The molecule has 1 heterocycles. The smallest absolute Gasteiger partial charge is 0.149 e. The number of rotatable bonds is 1. The first-order valence-corrected chi connectivity index (χ1v) is 6.75. The number of aromatic nitrogens is 2. The van der Waals surface area contributed by atoms with Crippen LogP contribution in [0.25, 0.3) is 22.0 Å². The highest BCUT2D eigenvalue weighted by Crippen LogP contribution is 2.35. The zero-order chi connectivity index (χ0) is 14.3. The summed E-state index contributed by atoms with van der Waals surface area (Å²) in [5.74, 6) is -0.451. The van der Waals surface area contributed by atoms with Gasteiger partial charge in [-0.15, -0.1) is 0 Å². The summed E-state index contributed by atoms with van der Waals surface area (Å²) in [4.78, 5) is 7.84. The zero-order valence-electron chi connectivity index (χ0n) is 9.87. The molecule has 20 heavy (non-hydrogen) atoms. The summed E-state index contributed by atoms with van der Waals surface area (Å²) < 4.78 is 13.8. The highest BCUT2D eigenvalue weighted by atomic mass is 35.5. The van der Waals surface area contributed by atoms with Crippen LogP contribution in [0.1, 0.15) is 0 Å². The van der Waals surface area contributed by atoms with Gasteiger partial charge in [0.05, 0.1) is 10.0 Å². The van der Waals surface area contributed by atoms with Crippen LogP contribution in [0.3, 0.4) is 0 Å². The van der Waals surface area contributed by atoms with Gasteiger partial charge in [-0.25, -0.2) is 14.4 Å². The van der Waals surface area contributed by atoms with Crippen molar-refractivity contribution in [3.63, 3.8) is 0 Å². The molecule has 3 rings (SSSR count). The maximum Gasteiger partial charge on any atom is 0.149 e. The molecule has 0 radical (unpaired) electrons. The van der Waals surface area contributed by atoms with Gasteiger partial charge in [0.1, 0.15) is 22.8 Å². The van der Waals surface area contributed by atoms with Crippen LogP contribution in [0.15, 0.2) is 36.7 Å². The van der Waals surface area contributed by atoms with E-state index in [0.717, 1.165) is 5.56 Å². The second-order valence-corrected chi connectivity index (χ2v) is 5.28. The van der Waals surface area contributed by atoms with Crippen molar-refractivity contribution in [2.75, 3.05) is 0 Å². The largest absolute Gasteiger partial charge is 0.233 e. The number of benzene rings is 2. The quantitative estimate of drug-likeness (QED) is 0.560. The fourth-order valence-electron chi connectivity index (χ4n) is 2.01. The van der Waals surface area contributed by atoms with Crippen molar-refractivity contribution in [3.05, 3.63) is 57.7 Å². The predicted molar refractivity (Wildman–Crippen MR) is 80.0 cm³/mol. The maximum absolute atomic E-state index is 13.8. The van der Waals surface area contributed by atoms with E-state index in [1.54, 1.807) is 24.3 Å². The Labute approximate surface area is 129 Å². The van der Waals surface area contributed by atoms with Gasteiger partial charge in [0.2, 0.25) is 0 Å². The molecule has 0 atom stereocenters. The van der Waals surface area contributed by atoms with Gasteiger partial charge in [0.15, 0.2) is 0 Å². The molecule has 0 amide bonds. The molecule has 0 unspecified atom stereocenters. The molecule has 0 saturated carbocycles. The predicted octanol–water partition coefficient (Wildman–Crippen LogP) is 5.40. The Balaban J connectivity index is 2.36. The average Bonchev–Trinajstić information content (AvgIpc) is 2.43. The molecule has 6 heteroatoms. The molecule has 2 nitrogen and oxygen atoms in total. The molecule has 0 spiro atoms. The molecule has 0 N–H and O–H groups in total. The molecule has 0 aliphatic rings. The van der Waals surface area contributed by atoms with Gasteiger partial charge < -0.3 is 0 Å². The van der Waals surface area contributed by atoms with Crippen molar-refractivity contribution in [2.45, 2.75) is 0 Å². The molecule has 100 valence electrons. The van der Waals surface area contributed by atoms with Crippen LogP contribution < -0.4 is 0 Å². The van der Waals surface area contributed by atoms with Gasteiger partial charge in [-0.05, 0) is 29.3 Å². The fraction of sp³-hybridized carbons (Fsp3) is 0. The van der Waals surface area contributed by atoms with Crippen molar-refractivity contribution in [1.29, 1.82) is 0 Å². The molecule has 0 saturated heterocycles. The second kappa shape index (κ2) is 5.17. The van der Waals surface area contributed by atoms with Gasteiger partial charge in [-0.2, -0.15) is 0 Å². The molecule has 3 aromatic rings. The number of hydrogen-bond donors (Lipinski definition) is 0. The third-order valence-electron chi connectivity index (χ3n) is 2.92. The Morgan fingerprint density at radius 2 is 1.70 bits per heavy atom. The van der Waals surface area contributed by atoms with Crippen LogP contribution in [0.2, 0.25) is 15.2 Å². The average molecular weight is 328 g/mol. The summed E-state index contributed by atoms with van der Waals surface area (Å²) in [5.41, 5.74) is 1.64. The first-order chi connectivity index (χ1) is 9.58. The Kier molecular flexibility index (Phi) is 3.50. The first kappa shape index (κ1) is 13.6. The van der Waals surface area contributed by atoms with Crippen molar-refractivity contribution >= 4 is 45.7 Å². The number of halogens is 4. The van der Waals surface area contributed by atoms with Crippen LogP contribution in [0.4, 0.5) is 4.39 Å². The van der Waals surface area contributed by atoms with E-state index in [-0.39, 0.29) is 10.7 Å². The van der Waals surface area contributed by atoms with Gasteiger partial charge in [-0.1, -0.05) is 46.9 Å². The lowest BCUT2D eigenvalue weighted by atomic mass is 10.0. The Morgan fingerprint density at radius 3 is 2.45 bits per heavy atom. The van der Waals surface area contributed by atoms with E-state index in [1.807, 2.05) is 0 Å². The van der Waals surface area contributed by atoms with E-state index < -0.39 is 5.82 Å². The lowest BCUT2D eigenvalue weighted by molar-refractivity contribution is 0.636. The molecule has 1 aromatic heterocycles. The normalized spacial score (nSPS) is 11.0. The van der Waals surface area contributed by atoms with Crippen LogP contribution in [0, 0.1) is 5.82 Å². The highest BCUT2D eigenvalue weighted by Gasteiger charge is 2.13. The number of hydrogen-bond acceptors (Lipinski definition) is 2. The summed E-state index contributed by atoms with van der Waals surface area (Å²) in [5, 5.41) is 1.50. The summed E-state index contributed by atoms with van der Waals surface area (Å²) in [6.07, 6.45) is 1.23. The molecular weight excluding hydrogens is 322 g/mol. The van der Waals surface area contributed by atoms with Gasteiger partial charge >= 0.3 is 0 Å². The van der Waals surface area contributed by atoms with Crippen molar-refractivity contribution < 1.29 is 4.39 Å². The van der Waals surface area contributed by atoms with E-state index in [9.17, 15) is 4.39 Å². The summed E-state index contributed by atoms with van der Waals surface area (Å²) in [6.45, 7) is 0. The summed E-state index contributed by atoms with van der Waals surface area (Å²) in [6, 6.07) is 8.10. The lowest BCUT2D eigenvalue weighted by Crippen LogP contribution is -1.91. The number of fused-ring (bicyclic) bond motifs is 1. The van der Waals surface area contributed by atoms with Crippen LogP contribution in [-0.2, 0) is 0 Å². The van der Waals surface area contributed by atoms with Gasteiger partial charge in [-0.3, -0.25) is 0 Å². The minimum absolute atomic E-state index is 0.175. The SMILES string of the molecule is Fc1ccc(-c2ccc(Cl)c(Cl)c2)c2c(Cl)ncnc12. The Bertz CT molecular complexity index is 821. The molecule has 0 bridgehead atoms. The van der Waals surface area contributed by atoms with Crippen molar-refractivity contribution in [1.82, 2.24) is 9.97 Å². The van der Waals surface area contributed by atoms with Gasteiger partial charge in [0, 0.05) is 5.39 Å². The lowest BCUT2D eigenvalue weighted by Gasteiger charge is -2.09. The maximum atomic E-state index is 13.8. The minimum atomic E-state index is -0.451. The monoisotopic (exact) mass is 326 g/mol. The third kappa shape index (κ3) is 2.22. The van der Waals surface area contributed by atoms with E-state index in [1.165, 1.54) is 12.4 Å². The van der Waals surface area contributed by atoms with Crippen molar-refractivity contribution in [2.24, 2.45) is 0 Å². The van der Waals surface area contributed by atoms with Gasteiger partial charge in [0.25, 0.3) is 0 Å². The summed E-state index contributed by atoms with van der Waals surface area (Å²) in [7, 11) is 0. The number of nitrogens with zero attached hydrogens (tertiary/aromatic N) is 2. The van der Waals surface area contributed by atoms with Crippen molar-refractivity contribution in [3.8, 4) is 11.1 Å².